The van der Waals surface area contributed by atoms with Gasteiger partial charge in [0, 0.05) is 25.3 Å². The van der Waals surface area contributed by atoms with Crippen LogP contribution in [0.2, 0.25) is 0 Å². The van der Waals surface area contributed by atoms with Crippen molar-refractivity contribution in [1.29, 1.82) is 0 Å². The Morgan fingerprint density at radius 1 is 1.47 bits per heavy atom. The van der Waals surface area contributed by atoms with E-state index in [4.69, 9.17) is 5.11 Å². The van der Waals surface area contributed by atoms with Crippen LogP contribution in [0.3, 0.4) is 0 Å². The number of rotatable bonds is 6. The molecular weight excluding hydrogens is 216 g/mol. The van der Waals surface area contributed by atoms with Crippen molar-refractivity contribution in [2.45, 2.75) is 39.3 Å². The lowest BCUT2D eigenvalue weighted by atomic mass is 10.2. The van der Waals surface area contributed by atoms with Crippen molar-refractivity contribution in [3.63, 3.8) is 0 Å². The van der Waals surface area contributed by atoms with Crippen molar-refractivity contribution in [2.75, 3.05) is 6.61 Å². The molecule has 1 aromatic rings. The van der Waals surface area contributed by atoms with Gasteiger partial charge in [-0.1, -0.05) is 6.07 Å². The Morgan fingerprint density at radius 2 is 2.24 bits per heavy atom. The standard InChI is InChI=1S/C13H20N2O2/c1-11(2)15(13(17)7-5-9-16)10-12-6-3-4-8-14-12/h3-4,6,8,11,16H,5,7,9-10H2,1-2H3. The minimum absolute atomic E-state index is 0.0568. The second-order valence-electron chi connectivity index (χ2n) is 4.26. The number of pyridine rings is 1. The number of aliphatic hydroxyl groups is 1. The van der Waals surface area contributed by atoms with Crippen LogP contribution in [0.25, 0.3) is 0 Å². The van der Waals surface area contributed by atoms with Gasteiger partial charge in [-0.25, -0.2) is 0 Å². The number of nitrogens with zero attached hydrogens (tertiary/aromatic N) is 2. The molecule has 1 aromatic heterocycles. The second-order valence-corrected chi connectivity index (χ2v) is 4.26. The van der Waals surface area contributed by atoms with Crippen molar-refractivity contribution < 1.29 is 9.90 Å². The lowest BCUT2D eigenvalue weighted by molar-refractivity contribution is -0.133. The minimum Gasteiger partial charge on any atom is -0.396 e. The first-order chi connectivity index (χ1) is 8.15. The van der Waals surface area contributed by atoms with Gasteiger partial charge in [-0.05, 0) is 32.4 Å². The maximum atomic E-state index is 11.9. The molecule has 0 aliphatic carbocycles. The molecule has 0 saturated carbocycles. The van der Waals surface area contributed by atoms with Crippen LogP contribution >= 0.6 is 0 Å². The fourth-order valence-electron chi connectivity index (χ4n) is 1.60. The molecule has 0 bridgehead atoms. The molecule has 94 valence electrons. The molecule has 0 radical (unpaired) electrons. The van der Waals surface area contributed by atoms with Gasteiger partial charge < -0.3 is 10.0 Å². The summed E-state index contributed by atoms with van der Waals surface area (Å²) >= 11 is 0. The Hall–Kier alpha value is -1.42. The number of aliphatic hydroxyl groups excluding tert-OH is 1. The third-order valence-electron chi connectivity index (χ3n) is 2.55. The fraction of sp³-hybridized carbons (Fsp3) is 0.538. The third-order valence-corrected chi connectivity index (χ3v) is 2.55. The minimum atomic E-state index is 0.0568. The zero-order chi connectivity index (χ0) is 12.7. The molecule has 0 aliphatic heterocycles. The molecule has 1 N–H and O–H groups in total. The number of aromatic nitrogens is 1. The number of hydrogen-bond acceptors (Lipinski definition) is 3. The van der Waals surface area contributed by atoms with E-state index in [1.807, 2.05) is 32.0 Å². The van der Waals surface area contributed by atoms with Crippen LogP contribution in [0.1, 0.15) is 32.4 Å². The van der Waals surface area contributed by atoms with E-state index in [1.54, 1.807) is 11.1 Å². The number of hydrogen-bond donors (Lipinski definition) is 1. The summed E-state index contributed by atoms with van der Waals surface area (Å²) in [5, 5.41) is 8.74. The Labute approximate surface area is 102 Å². The van der Waals surface area contributed by atoms with E-state index in [1.165, 1.54) is 0 Å². The molecule has 1 heterocycles. The van der Waals surface area contributed by atoms with Gasteiger partial charge in [0.05, 0.1) is 12.2 Å². The van der Waals surface area contributed by atoms with Crippen LogP contribution in [0, 0.1) is 0 Å². The molecule has 4 nitrogen and oxygen atoms in total. The van der Waals surface area contributed by atoms with Gasteiger partial charge in [-0.15, -0.1) is 0 Å². The lowest BCUT2D eigenvalue weighted by Gasteiger charge is -2.26. The van der Waals surface area contributed by atoms with Crippen molar-refractivity contribution in [2.24, 2.45) is 0 Å². The molecule has 1 amide bonds. The monoisotopic (exact) mass is 236 g/mol. The van der Waals surface area contributed by atoms with Crippen LogP contribution in [0.5, 0.6) is 0 Å². The highest BCUT2D eigenvalue weighted by molar-refractivity contribution is 5.76. The van der Waals surface area contributed by atoms with Crippen molar-refractivity contribution in [3.05, 3.63) is 30.1 Å². The van der Waals surface area contributed by atoms with E-state index in [2.05, 4.69) is 4.98 Å². The first kappa shape index (κ1) is 13.6. The van der Waals surface area contributed by atoms with E-state index >= 15 is 0 Å². The van der Waals surface area contributed by atoms with Crippen molar-refractivity contribution >= 4 is 5.91 Å². The first-order valence-electron chi connectivity index (χ1n) is 5.95. The summed E-state index contributed by atoms with van der Waals surface area (Å²) in [6.45, 7) is 4.56. The smallest absolute Gasteiger partial charge is 0.223 e. The van der Waals surface area contributed by atoms with Crippen LogP contribution in [-0.4, -0.2) is 33.5 Å². The van der Waals surface area contributed by atoms with Gasteiger partial charge in [0.2, 0.25) is 5.91 Å². The molecule has 4 heteroatoms. The van der Waals surface area contributed by atoms with Gasteiger partial charge in [-0.2, -0.15) is 0 Å². The summed E-state index contributed by atoms with van der Waals surface area (Å²) in [7, 11) is 0. The summed E-state index contributed by atoms with van der Waals surface area (Å²) in [4.78, 5) is 17.9. The Kier molecular flexibility index (Phi) is 5.63. The van der Waals surface area contributed by atoms with Crippen LogP contribution in [-0.2, 0) is 11.3 Å². The highest BCUT2D eigenvalue weighted by Gasteiger charge is 2.16. The van der Waals surface area contributed by atoms with E-state index in [0.717, 1.165) is 5.69 Å². The topological polar surface area (TPSA) is 53.4 Å². The summed E-state index contributed by atoms with van der Waals surface area (Å²) in [5.74, 6) is 0.0692. The molecule has 1 rings (SSSR count). The number of carbonyl (C=O) groups excluding carboxylic acids is 1. The second kappa shape index (κ2) is 7.01. The van der Waals surface area contributed by atoms with E-state index in [-0.39, 0.29) is 18.6 Å². The third kappa shape index (κ3) is 4.53. The van der Waals surface area contributed by atoms with Crippen LogP contribution < -0.4 is 0 Å². The Morgan fingerprint density at radius 3 is 2.76 bits per heavy atom. The number of carbonyl (C=O) groups is 1. The van der Waals surface area contributed by atoms with Gasteiger partial charge in [-0.3, -0.25) is 9.78 Å². The molecule has 0 aliphatic rings. The molecule has 0 fully saturated rings. The summed E-state index contributed by atoms with van der Waals surface area (Å²) < 4.78 is 0. The van der Waals surface area contributed by atoms with Crippen molar-refractivity contribution in [1.82, 2.24) is 9.88 Å². The first-order valence-corrected chi connectivity index (χ1v) is 5.95. The Bertz CT molecular complexity index is 339. The largest absolute Gasteiger partial charge is 0.396 e. The maximum absolute atomic E-state index is 11.9. The summed E-state index contributed by atoms with van der Waals surface area (Å²) in [5.41, 5.74) is 0.888. The van der Waals surface area contributed by atoms with Gasteiger partial charge >= 0.3 is 0 Å². The molecular formula is C13H20N2O2. The molecule has 0 unspecified atom stereocenters. The van der Waals surface area contributed by atoms with E-state index in [9.17, 15) is 4.79 Å². The Balaban J connectivity index is 2.63. The molecule has 17 heavy (non-hydrogen) atoms. The summed E-state index contributed by atoms with van der Waals surface area (Å²) in [6.07, 6.45) is 2.64. The van der Waals surface area contributed by atoms with Crippen molar-refractivity contribution in [3.8, 4) is 0 Å². The average Bonchev–Trinajstić information content (AvgIpc) is 2.34. The molecule has 0 saturated heterocycles. The van der Waals surface area contributed by atoms with E-state index in [0.29, 0.717) is 19.4 Å². The average molecular weight is 236 g/mol. The highest BCUT2D eigenvalue weighted by atomic mass is 16.3. The van der Waals surface area contributed by atoms with E-state index < -0.39 is 0 Å². The molecule has 0 spiro atoms. The van der Waals surface area contributed by atoms with Gasteiger partial charge in [0.25, 0.3) is 0 Å². The summed E-state index contributed by atoms with van der Waals surface area (Å²) in [6, 6.07) is 5.83. The maximum Gasteiger partial charge on any atom is 0.223 e. The normalized spacial score (nSPS) is 10.6. The van der Waals surface area contributed by atoms with Gasteiger partial charge in [0.15, 0.2) is 0 Å². The molecule has 0 aromatic carbocycles. The lowest BCUT2D eigenvalue weighted by Crippen LogP contribution is -2.36. The zero-order valence-electron chi connectivity index (χ0n) is 10.5. The predicted octanol–water partition coefficient (Wildman–Crippen LogP) is 1.59. The quantitative estimate of drug-likeness (QED) is 0.816. The molecule has 0 atom stereocenters. The van der Waals surface area contributed by atoms with Gasteiger partial charge in [0.1, 0.15) is 0 Å². The highest BCUT2D eigenvalue weighted by Crippen LogP contribution is 2.09. The van der Waals surface area contributed by atoms with Crippen LogP contribution in [0.15, 0.2) is 24.4 Å². The predicted molar refractivity (Wildman–Crippen MR) is 66.2 cm³/mol. The van der Waals surface area contributed by atoms with Crippen LogP contribution in [0.4, 0.5) is 0 Å². The number of amides is 1. The zero-order valence-corrected chi connectivity index (χ0v) is 10.5. The SMILES string of the molecule is CC(C)N(Cc1ccccn1)C(=O)CCCO. The fourth-order valence-corrected chi connectivity index (χ4v) is 1.60.